The molecule has 0 fully saturated rings. The summed E-state index contributed by atoms with van der Waals surface area (Å²) >= 11 is 0. The van der Waals surface area contributed by atoms with E-state index in [0.717, 1.165) is 25.7 Å². The molecule has 2 N–H and O–H groups in total. The second-order valence-corrected chi connectivity index (χ2v) is 5.11. The molecule has 0 bridgehead atoms. The van der Waals surface area contributed by atoms with Gasteiger partial charge in [0.15, 0.2) is 0 Å². The quantitative estimate of drug-likeness (QED) is 0.531. The summed E-state index contributed by atoms with van der Waals surface area (Å²) in [5.74, 6) is -0.229. The Labute approximate surface area is 126 Å². The first kappa shape index (κ1) is 17.4. The first-order valence-electron chi connectivity index (χ1n) is 7.51. The molecular formula is C17H25FN2O. The fraction of sp³-hybridized carbons (Fsp3) is 0.471. The maximum atomic E-state index is 13.7. The topological polar surface area (TPSA) is 46.3 Å². The van der Waals surface area contributed by atoms with E-state index in [1.54, 1.807) is 29.2 Å². The van der Waals surface area contributed by atoms with Gasteiger partial charge in [-0.05, 0) is 25.5 Å². The van der Waals surface area contributed by atoms with Gasteiger partial charge in [-0.3, -0.25) is 4.79 Å². The molecule has 1 amide bonds. The Morgan fingerprint density at radius 1 is 1.24 bits per heavy atom. The standard InChI is InChI=1S/C17H25FN2O/c1-2-13-20(14-15-9-6-7-10-16(15)18)17(21)11-5-3-4-8-12-19/h2,6-7,9-10H,1,3-5,8,11-14,19H2. The van der Waals surface area contributed by atoms with Crippen LogP contribution in [-0.4, -0.2) is 23.9 Å². The highest BCUT2D eigenvalue weighted by Gasteiger charge is 2.14. The Morgan fingerprint density at radius 3 is 2.62 bits per heavy atom. The van der Waals surface area contributed by atoms with E-state index in [1.165, 1.54) is 6.07 Å². The molecule has 0 spiro atoms. The van der Waals surface area contributed by atoms with Gasteiger partial charge in [0.1, 0.15) is 5.82 Å². The third kappa shape index (κ3) is 6.54. The van der Waals surface area contributed by atoms with Gasteiger partial charge in [0, 0.05) is 25.1 Å². The molecule has 0 unspecified atom stereocenters. The number of rotatable bonds is 10. The molecule has 3 nitrogen and oxygen atoms in total. The van der Waals surface area contributed by atoms with Crippen LogP contribution in [0.2, 0.25) is 0 Å². The van der Waals surface area contributed by atoms with Gasteiger partial charge in [-0.25, -0.2) is 4.39 Å². The number of halogens is 1. The molecule has 0 heterocycles. The number of nitrogens with zero attached hydrogens (tertiary/aromatic N) is 1. The lowest BCUT2D eigenvalue weighted by molar-refractivity contribution is -0.131. The van der Waals surface area contributed by atoms with Crippen LogP contribution in [0.25, 0.3) is 0 Å². The van der Waals surface area contributed by atoms with E-state index in [2.05, 4.69) is 6.58 Å². The van der Waals surface area contributed by atoms with Crippen molar-refractivity contribution in [3.05, 3.63) is 48.3 Å². The second-order valence-electron chi connectivity index (χ2n) is 5.11. The van der Waals surface area contributed by atoms with Crippen LogP contribution in [0.1, 0.15) is 37.7 Å². The van der Waals surface area contributed by atoms with Gasteiger partial charge >= 0.3 is 0 Å². The van der Waals surface area contributed by atoms with Crippen LogP contribution < -0.4 is 5.73 Å². The van der Waals surface area contributed by atoms with E-state index in [0.29, 0.717) is 31.6 Å². The monoisotopic (exact) mass is 292 g/mol. The summed E-state index contributed by atoms with van der Waals surface area (Å²) in [6.45, 7) is 5.10. The van der Waals surface area contributed by atoms with Crippen molar-refractivity contribution in [1.82, 2.24) is 4.90 Å². The van der Waals surface area contributed by atoms with Gasteiger partial charge in [0.2, 0.25) is 5.91 Å². The molecule has 0 saturated carbocycles. The summed E-state index contributed by atoms with van der Waals surface area (Å²) in [5, 5.41) is 0. The normalized spacial score (nSPS) is 10.4. The highest BCUT2D eigenvalue weighted by Crippen LogP contribution is 2.12. The first-order chi connectivity index (χ1) is 10.2. The van der Waals surface area contributed by atoms with Crippen molar-refractivity contribution in [3.63, 3.8) is 0 Å². The van der Waals surface area contributed by atoms with Gasteiger partial charge in [0.05, 0.1) is 0 Å². The molecule has 0 atom stereocenters. The van der Waals surface area contributed by atoms with Crippen LogP contribution in [0, 0.1) is 5.82 Å². The molecule has 1 aromatic rings. The third-order valence-corrected chi connectivity index (χ3v) is 3.37. The smallest absolute Gasteiger partial charge is 0.223 e. The molecule has 0 aliphatic rings. The summed E-state index contributed by atoms with van der Waals surface area (Å²) in [7, 11) is 0. The summed E-state index contributed by atoms with van der Waals surface area (Å²) in [6.07, 6.45) is 6.08. The molecule has 0 aliphatic heterocycles. The molecule has 4 heteroatoms. The fourth-order valence-electron chi connectivity index (χ4n) is 2.17. The van der Waals surface area contributed by atoms with E-state index in [-0.39, 0.29) is 11.7 Å². The number of benzene rings is 1. The summed E-state index contributed by atoms with van der Waals surface area (Å²) in [4.78, 5) is 13.9. The highest BCUT2D eigenvalue weighted by atomic mass is 19.1. The fourth-order valence-corrected chi connectivity index (χ4v) is 2.17. The van der Waals surface area contributed by atoms with E-state index >= 15 is 0 Å². The van der Waals surface area contributed by atoms with Crippen molar-refractivity contribution in [2.24, 2.45) is 5.73 Å². The second kappa shape index (κ2) is 10.1. The minimum absolute atomic E-state index is 0.0471. The summed E-state index contributed by atoms with van der Waals surface area (Å²) in [6, 6.07) is 6.55. The number of hydrogen-bond acceptors (Lipinski definition) is 2. The number of unbranched alkanes of at least 4 members (excludes halogenated alkanes) is 3. The maximum absolute atomic E-state index is 13.7. The molecule has 1 rings (SSSR count). The van der Waals surface area contributed by atoms with Crippen molar-refractivity contribution >= 4 is 5.91 Å². The number of carbonyl (C=O) groups is 1. The average Bonchev–Trinajstić information content (AvgIpc) is 2.48. The molecule has 1 aromatic carbocycles. The highest BCUT2D eigenvalue weighted by molar-refractivity contribution is 5.76. The minimum Gasteiger partial charge on any atom is -0.335 e. The van der Waals surface area contributed by atoms with E-state index in [4.69, 9.17) is 5.73 Å². The van der Waals surface area contributed by atoms with Crippen LogP contribution in [0.15, 0.2) is 36.9 Å². The lowest BCUT2D eigenvalue weighted by Crippen LogP contribution is -2.30. The van der Waals surface area contributed by atoms with Crippen LogP contribution >= 0.6 is 0 Å². The Kier molecular flexibility index (Phi) is 8.36. The van der Waals surface area contributed by atoms with Crippen molar-refractivity contribution in [2.45, 2.75) is 38.6 Å². The lowest BCUT2D eigenvalue weighted by Gasteiger charge is -2.21. The Bertz CT molecular complexity index is 448. The molecule has 0 aliphatic carbocycles. The lowest BCUT2D eigenvalue weighted by atomic mass is 10.1. The Morgan fingerprint density at radius 2 is 1.95 bits per heavy atom. The maximum Gasteiger partial charge on any atom is 0.223 e. The number of amides is 1. The van der Waals surface area contributed by atoms with Gasteiger partial charge in [-0.1, -0.05) is 37.1 Å². The van der Waals surface area contributed by atoms with Crippen molar-refractivity contribution in [1.29, 1.82) is 0 Å². The zero-order chi connectivity index (χ0) is 15.5. The van der Waals surface area contributed by atoms with Crippen molar-refractivity contribution in [3.8, 4) is 0 Å². The van der Waals surface area contributed by atoms with Crippen LogP contribution in [0.5, 0.6) is 0 Å². The van der Waals surface area contributed by atoms with Crippen LogP contribution in [0.3, 0.4) is 0 Å². The van der Waals surface area contributed by atoms with E-state index < -0.39 is 0 Å². The predicted octanol–water partition coefficient (Wildman–Crippen LogP) is 3.25. The van der Waals surface area contributed by atoms with E-state index in [1.807, 2.05) is 0 Å². The van der Waals surface area contributed by atoms with Crippen molar-refractivity contribution in [2.75, 3.05) is 13.1 Å². The van der Waals surface area contributed by atoms with Gasteiger partial charge in [-0.15, -0.1) is 6.58 Å². The molecule has 21 heavy (non-hydrogen) atoms. The number of nitrogens with two attached hydrogens (primary N) is 1. The summed E-state index contributed by atoms with van der Waals surface area (Å²) in [5.41, 5.74) is 5.97. The number of hydrogen-bond donors (Lipinski definition) is 1. The molecule has 116 valence electrons. The average molecular weight is 292 g/mol. The van der Waals surface area contributed by atoms with Gasteiger partial charge in [0.25, 0.3) is 0 Å². The first-order valence-corrected chi connectivity index (χ1v) is 7.51. The minimum atomic E-state index is -0.276. The Balaban J connectivity index is 2.50. The number of carbonyl (C=O) groups excluding carboxylic acids is 1. The predicted molar refractivity (Wildman–Crippen MR) is 84.2 cm³/mol. The Hall–Kier alpha value is -1.68. The van der Waals surface area contributed by atoms with Gasteiger partial charge < -0.3 is 10.6 Å². The molecule has 0 radical (unpaired) electrons. The molecule has 0 aromatic heterocycles. The summed E-state index contributed by atoms with van der Waals surface area (Å²) < 4.78 is 13.7. The van der Waals surface area contributed by atoms with Crippen molar-refractivity contribution < 1.29 is 9.18 Å². The van der Waals surface area contributed by atoms with Gasteiger partial charge in [-0.2, -0.15) is 0 Å². The third-order valence-electron chi connectivity index (χ3n) is 3.37. The van der Waals surface area contributed by atoms with E-state index in [9.17, 15) is 9.18 Å². The SMILES string of the molecule is C=CCN(Cc1ccccc1F)C(=O)CCCCCCN. The molecule has 0 saturated heterocycles. The largest absolute Gasteiger partial charge is 0.335 e. The molecular weight excluding hydrogens is 267 g/mol. The zero-order valence-corrected chi connectivity index (χ0v) is 12.6. The van der Waals surface area contributed by atoms with Crippen LogP contribution in [0.4, 0.5) is 4.39 Å². The zero-order valence-electron chi connectivity index (χ0n) is 12.6. The van der Waals surface area contributed by atoms with Crippen LogP contribution in [-0.2, 0) is 11.3 Å².